The van der Waals surface area contributed by atoms with E-state index in [4.69, 9.17) is 21.1 Å². The van der Waals surface area contributed by atoms with Gasteiger partial charge in [-0.15, -0.1) is 0 Å². The summed E-state index contributed by atoms with van der Waals surface area (Å²) in [4.78, 5) is 4.88. The van der Waals surface area contributed by atoms with E-state index in [0.717, 1.165) is 66.8 Å². The van der Waals surface area contributed by atoms with Crippen molar-refractivity contribution in [1.82, 2.24) is 9.80 Å². The van der Waals surface area contributed by atoms with Gasteiger partial charge in [0.15, 0.2) is 11.5 Å². The monoisotopic (exact) mass is 388 g/mol. The van der Waals surface area contributed by atoms with E-state index in [9.17, 15) is 0 Å². The lowest BCUT2D eigenvalue weighted by Gasteiger charge is -2.33. The molecule has 0 spiro atoms. The molecular formula is C22H29ClN2O2. The van der Waals surface area contributed by atoms with E-state index in [1.807, 2.05) is 43.3 Å². The number of piperazine rings is 1. The predicted octanol–water partition coefficient (Wildman–Crippen LogP) is 4.41. The first-order valence-electron chi connectivity index (χ1n) is 9.53. The van der Waals surface area contributed by atoms with Crippen molar-refractivity contribution >= 4 is 11.6 Å². The van der Waals surface area contributed by atoms with Gasteiger partial charge in [0.05, 0.1) is 7.11 Å². The molecule has 1 fully saturated rings. The molecule has 3 rings (SSSR count). The van der Waals surface area contributed by atoms with Crippen molar-refractivity contribution in [2.45, 2.75) is 19.4 Å². The highest BCUT2D eigenvalue weighted by Crippen LogP contribution is 2.34. The van der Waals surface area contributed by atoms with E-state index in [-0.39, 0.29) is 6.10 Å². The van der Waals surface area contributed by atoms with Crippen LogP contribution in [0.25, 0.3) is 0 Å². The summed E-state index contributed by atoms with van der Waals surface area (Å²) in [7, 11) is 3.86. The van der Waals surface area contributed by atoms with Gasteiger partial charge in [-0.3, -0.25) is 0 Å². The van der Waals surface area contributed by atoms with E-state index >= 15 is 0 Å². The number of halogens is 1. The smallest absolute Gasteiger partial charge is 0.162 e. The van der Waals surface area contributed by atoms with Gasteiger partial charge < -0.3 is 19.3 Å². The van der Waals surface area contributed by atoms with Crippen molar-refractivity contribution in [2.75, 3.05) is 46.9 Å². The Balaban J connectivity index is 1.76. The molecule has 0 saturated carbocycles. The minimum absolute atomic E-state index is 0.0695. The van der Waals surface area contributed by atoms with Gasteiger partial charge in [-0.2, -0.15) is 0 Å². The molecule has 0 bridgehead atoms. The highest BCUT2D eigenvalue weighted by Gasteiger charge is 2.20. The fourth-order valence-electron chi connectivity index (χ4n) is 3.40. The van der Waals surface area contributed by atoms with Gasteiger partial charge in [0.1, 0.15) is 6.10 Å². The standard InChI is InChI=1S/C22H29ClN2O2/c1-17-7-8-21(22(15-17)26-3)27-20(18-5-4-6-19(23)16-18)9-10-25-13-11-24(2)12-14-25/h4-8,15-16,20H,9-14H2,1-3H3. The number of aryl methyl sites for hydroxylation is 1. The molecule has 0 N–H and O–H groups in total. The second-order valence-electron chi connectivity index (χ2n) is 7.25. The molecule has 0 radical (unpaired) electrons. The molecule has 2 aromatic carbocycles. The van der Waals surface area contributed by atoms with Gasteiger partial charge >= 0.3 is 0 Å². The van der Waals surface area contributed by atoms with Gasteiger partial charge in [-0.1, -0.05) is 29.8 Å². The molecule has 146 valence electrons. The highest BCUT2D eigenvalue weighted by molar-refractivity contribution is 6.30. The summed E-state index contributed by atoms with van der Waals surface area (Å²) >= 11 is 6.24. The summed E-state index contributed by atoms with van der Waals surface area (Å²) in [6.07, 6.45) is 0.834. The van der Waals surface area contributed by atoms with E-state index in [1.165, 1.54) is 0 Å². The maximum Gasteiger partial charge on any atom is 0.162 e. The first-order valence-corrected chi connectivity index (χ1v) is 9.90. The fraction of sp³-hybridized carbons (Fsp3) is 0.455. The Morgan fingerprint density at radius 3 is 2.52 bits per heavy atom. The summed E-state index contributed by atoms with van der Waals surface area (Å²) in [5, 5.41) is 0.733. The topological polar surface area (TPSA) is 24.9 Å². The molecule has 1 aliphatic heterocycles. The van der Waals surface area contributed by atoms with Crippen molar-refractivity contribution in [2.24, 2.45) is 0 Å². The molecule has 2 aromatic rings. The zero-order valence-electron chi connectivity index (χ0n) is 16.5. The molecule has 1 saturated heterocycles. The van der Waals surface area contributed by atoms with Crippen molar-refractivity contribution in [3.63, 3.8) is 0 Å². The molecule has 1 aliphatic rings. The van der Waals surface area contributed by atoms with Crippen molar-refractivity contribution in [3.8, 4) is 11.5 Å². The minimum atomic E-state index is -0.0695. The Kier molecular flexibility index (Phi) is 7.00. The lowest BCUT2D eigenvalue weighted by molar-refractivity contribution is 0.122. The van der Waals surface area contributed by atoms with E-state index in [2.05, 4.69) is 22.9 Å². The Morgan fingerprint density at radius 1 is 1.04 bits per heavy atom. The molecule has 1 unspecified atom stereocenters. The van der Waals surface area contributed by atoms with Crippen molar-refractivity contribution in [3.05, 3.63) is 58.6 Å². The van der Waals surface area contributed by atoms with Gasteiger partial charge in [0.25, 0.3) is 0 Å². The van der Waals surface area contributed by atoms with Crippen LogP contribution in [0.4, 0.5) is 0 Å². The predicted molar refractivity (Wildman–Crippen MR) is 111 cm³/mol. The fourth-order valence-corrected chi connectivity index (χ4v) is 3.60. The second-order valence-corrected chi connectivity index (χ2v) is 7.69. The van der Waals surface area contributed by atoms with Gasteiger partial charge in [-0.25, -0.2) is 0 Å². The molecule has 1 heterocycles. The molecular weight excluding hydrogens is 360 g/mol. The van der Waals surface area contributed by atoms with Crippen LogP contribution in [0.15, 0.2) is 42.5 Å². The van der Waals surface area contributed by atoms with Crippen LogP contribution in [0, 0.1) is 6.92 Å². The number of hydrogen-bond acceptors (Lipinski definition) is 4. The zero-order chi connectivity index (χ0) is 19.2. The van der Waals surface area contributed by atoms with Crippen molar-refractivity contribution < 1.29 is 9.47 Å². The molecule has 5 heteroatoms. The van der Waals surface area contributed by atoms with Gasteiger partial charge in [-0.05, 0) is 49.4 Å². The summed E-state index contributed by atoms with van der Waals surface area (Å²) < 4.78 is 11.9. The van der Waals surface area contributed by atoms with Crippen LogP contribution in [-0.4, -0.2) is 56.7 Å². The summed E-state index contributed by atoms with van der Waals surface area (Å²) in [5.41, 5.74) is 2.25. The third-order valence-corrected chi connectivity index (χ3v) is 5.35. The largest absolute Gasteiger partial charge is 0.493 e. The average molecular weight is 389 g/mol. The van der Waals surface area contributed by atoms with Crippen molar-refractivity contribution in [1.29, 1.82) is 0 Å². The third-order valence-electron chi connectivity index (χ3n) is 5.11. The molecule has 1 atom stereocenters. The molecule has 4 nitrogen and oxygen atoms in total. The van der Waals surface area contributed by atoms with Crippen LogP contribution >= 0.6 is 11.6 Å². The SMILES string of the molecule is COc1cc(C)ccc1OC(CCN1CCN(C)CC1)c1cccc(Cl)c1. The van der Waals surface area contributed by atoms with E-state index in [0.29, 0.717) is 0 Å². The molecule has 0 amide bonds. The Morgan fingerprint density at radius 2 is 1.81 bits per heavy atom. The number of rotatable bonds is 7. The van der Waals surface area contributed by atoms with Crippen LogP contribution in [0.2, 0.25) is 5.02 Å². The normalized spacial score (nSPS) is 16.9. The van der Waals surface area contributed by atoms with Gasteiger partial charge in [0.2, 0.25) is 0 Å². The molecule has 0 aliphatic carbocycles. The minimum Gasteiger partial charge on any atom is -0.493 e. The lowest BCUT2D eigenvalue weighted by atomic mass is 10.1. The number of methoxy groups -OCH3 is 1. The first kappa shape index (κ1) is 20.0. The second kappa shape index (κ2) is 9.45. The average Bonchev–Trinajstić information content (AvgIpc) is 2.67. The highest BCUT2D eigenvalue weighted by atomic mass is 35.5. The molecule has 27 heavy (non-hydrogen) atoms. The van der Waals surface area contributed by atoms with Crippen LogP contribution in [0.1, 0.15) is 23.7 Å². The van der Waals surface area contributed by atoms with Crippen LogP contribution in [0.5, 0.6) is 11.5 Å². The summed E-state index contributed by atoms with van der Waals surface area (Å²) in [6.45, 7) is 7.50. The number of hydrogen-bond donors (Lipinski definition) is 0. The number of nitrogens with zero attached hydrogens (tertiary/aromatic N) is 2. The lowest BCUT2D eigenvalue weighted by Crippen LogP contribution is -2.45. The summed E-state index contributed by atoms with van der Waals surface area (Å²) in [6, 6.07) is 14.0. The Bertz CT molecular complexity index is 745. The third kappa shape index (κ3) is 5.61. The zero-order valence-corrected chi connectivity index (χ0v) is 17.2. The van der Waals surface area contributed by atoms with E-state index in [1.54, 1.807) is 7.11 Å². The van der Waals surface area contributed by atoms with Crippen LogP contribution in [-0.2, 0) is 0 Å². The van der Waals surface area contributed by atoms with E-state index < -0.39 is 0 Å². The number of ether oxygens (including phenoxy) is 2. The maximum absolute atomic E-state index is 6.42. The molecule has 0 aromatic heterocycles. The first-order chi connectivity index (χ1) is 13.0. The van der Waals surface area contributed by atoms with Gasteiger partial charge in [0, 0.05) is 44.2 Å². The number of benzene rings is 2. The van der Waals surface area contributed by atoms with Crippen LogP contribution < -0.4 is 9.47 Å². The number of likely N-dealkylation sites (N-methyl/N-ethyl adjacent to an activating group) is 1. The Hall–Kier alpha value is -1.75. The Labute approximate surface area is 167 Å². The summed E-state index contributed by atoms with van der Waals surface area (Å²) in [5.74, 6) is 1.54. The quantitative estimate of drug-likeness (QED) is 0.701. The van der Waals surface area contributed by atoms with Crippen LogP contribution in [0.3, 0.4) is 0 Å². The maximum atomic E-state index is 6.42.